The highest BCUT2D eigenvalue weighted by Gasteiger charge is 2.02. The molecule has 4 heteroatoms. The Bertz CT molecular complexity index is 493. The lowest BCUT2D eigenvalue weighted by molar-refractivity contribution is 0.391. The lowest BCUT2D eigenvalue weighted by atomic mass is 10.2. The Kier molecular flexibility index (Phi) is 5.48. The number of rotatable bonds is 7. The van der Waals surface area contributed by atoms with Crippen LogP contribution in [0.5, 0.6) is 0 Å². The molecule has 19 heavy (non-hydrogen) atoms. The van der Waals surface area contributed by atoms with Gasteiger partial charge in [-0.15, -0.1) is 11.8 Å². The second-order valence-corrected chi connectivity index (χ2v) is 5.59. The van der Waals surface area contributed by atoms with Crippen LogP contribution in [0.2, 0.25) is 0 Å². The number of thioether (sulfide) groups is 1. The maximum Gasteiger partial charge on any atom is 0.147 e. The van der Waals surface area contributed by atoms with E-state index in [-0.39, 0.29) is 0 Å². The van der Waals surface area contributed by atoms with Gasteiger partial charge in [0.05, 0.1) is 11.4 Å². The largest absolute Gasteiger partial charge is 0.360 e. The van der Waals surface area contributed by atoms with Crippen molar-refractivity contribution in [2.75, 3.05) is 6.54 Å². The number of nitrogens with one attached hydrogen (secondary N) is 1. The van der Waals surface area contributed by atoms with E-state index in [0.717, 1.165) is 30.3 Å². The van der Waals surface area contributed by atoms with Gasteiger partial charge in [0.15, 0.2) is 0 Å². The molecule has 0 saturated heterocycles. The molecule has 2 aromatic rings. The van der Waals surface area contributed by atoms with Crippen molar-refractivity contribution in [1.29, 1.82) is 0 Å². The molecule has 0 radical (unpaired) electrons. The van der Waals surface area contributed by atoms with Gasteiger partial charge in [-0.1, -0.05) is 24.2 Å². The molecular formula is C15H20N2OS. The number of hydrogen-bond acceptors (Lipinski definition) is 4. The third kappa shape index (κ3) is 4.73. The molecule has 2 rings (SSSR count). The third-order valence-electron chi connectivity index (χ3n) is 2.74. The summed E-state index contributed by atoms with van der Waals surface area (Å²) in [4.78, 5) is 1.26. The van der Waals surface area contributed by atoms with Gasteiger partial charge in [0.1, 0.15) is 5.76 Å². The highest BCUT2D eigenvalue weighted by molar-refractivity contribution is 7.98. The van der Waals surface area contributed by atoms with Gasteiger partial charge >= 0.3 is 0 Å². The lowest BCUT2D eigenvalue weighted by Gasteiger charge is -2.04. The van der Waals surface area contributed by atoms with Crippen molar-refractivity contribution in [3.63, 3.8) is 0 Å². The minimum absolute atomic E-state index is 0.828. The summed E-state index contributed by atoms with van der Waals surface area (Å²) in [5.74, 6) is 1.75. The Morgan fingerprint density at radius 3 is 2.68 bits per heavy atom. The molecule has 1 aromatic heterocycles. The minimum Gasteiger partial charge on any atom is -0.360 e. The van der Waals surface area contributed by atoms with Crippen LogP contribution < -0.4 is 5.32 Å². The number of aromatic nitrogens is 1. The van der Waals surface area contributed by atoms with Crippen LogP contribution in [0.15, 0.2) is 39.8 Å². The Hall–Kier alpha value is -1.26. The molecule has 0 unspecified atom stereocenters. The van der Waals surface area contributed by atoms with E-state index in [1.54, 1.807) is 11.8 Å². The fraction of sp³-hybridized carbons (Fsp3) is 0.400. The standard InChI is InChI=1S/C15H20N2OS/c1-3-8-16-10-13-4-6-15(7-5-13)19-11-14-9-12(2)17-18-14/h4-7,9,16H,3,8,10-11H2,1-2H3. The van der Waals surface area contributed by atoms with E-state index in [1.165, 1.54) is 16.9 Å². The van der Waals surface area contributed by atoms with Crippen LogP contribution in [0, 0.1) is 6.92 Å². The first-order valence-corrected chi connectivity index (χ1v) is 7.61. The predicted octanol–water partition coefficient (Wildman–Crippen LogP) is 3.77. The van der Waals surface area contributed by atoms with Crippen LogP contribution in [0.25, 0.3) is 0 Å². The molecule has 0 atom stereocenters. The van der Waals surface area contributed by atoms with Gasteiger partial charge in [0.25, 0.3) is 0 Å². The van der Waals surface area contributed by atoms with E-state index in [2.05, 4.69) is 41.7 Å². The Morgan fingerprint density at radius 1 is 1.26 bits per heavy atom. The summed E-state index contributed by atoms with van der Waals surface area (Å²) < 4.78 is 5.19. The Balaban J connectivity index is 1.81. The summed E-state index contributed by atoms with van der Waals surface area (Å²) in [6.45, 7) is 6.13. The molecule has 1 N–H and O–H groups in total. The normalized spacial score (nSPS) is 10.8. The van der Waals surface area contributed by atoms with E-state index in [9.17, 15) is 0 Å². The van der Waals surface area contributed by atoms with E-state index in [4.69, 9.17) is 4.52 Å². The molecule has 102 valence electrons. The monoisotopic (exact) mass is 276 g/mol. The van der Waals surface area contributed by atoms with Crippen molar-refractivity contribution in [3.05, 3.63) is 47.3 Å². The molecule has 1 heterocycles. The average molecular weight is 276 g/mol. The second kappa shape index (κ2) is 7.36. The summed E-state index contributed by atoms with van der Waals surface area (Å²) in [7, 11) is 0. The topological polar surface area (TPSA) is 38.1 Å². The summed E-state index contributed by atoms with van der Waals surface area (Å²) in [5, 5.41) is 7.29. The Morgan fingerprint density at radius 2 is 2.05 bits per heavy atom. The molecular weight excluding hydrogens is 256 g/mol. The van der Waals surface area contributed by atoms with E-state index < -0.39 is 0 Å². The quantitative estimate of drug-likeness (QED) is 0.617. The maximum atomic E-state index is 5.19. The van der Waals surface area contributed by atoms with Gasteiger partial charge in [-0.2, -0.15) is 0 Å². The van der Waals surface area contributed by atoms with Gasteiger partial charge in [0, 0.05) is 17.5 Å². The molecule has 0 fully saturated rings. The summed E-state index contributed by atoms with van der Waals surface area (Å²) >= 11 is 1.77. The van der Waals surface area contributed by atoms with E-state index in [1.807, 2.05) is 13.0 Å². The first kappa shape index (κ1) is 14.2. The molecule has 0 bridgehead atoms. The van der Waals surface area contributed by atoms with Gasteiger partial charge in [-0.3, -0.25) is 0 Å². The van der Waals surface area contributed by atoms with Crippen molar-refractivity contribution in [2.24, 2.45) is 0 Å². The van der Waals surface area contributed by atoms with Crippen molar-refractivity contribution < 1.29 is 4.52 Å². The highest BCUT2D eigenvalue weighted by atomic mass is 32.2. The van der Waals surface area contributed by atoms with Crippen LogP contribution >= 0.6 is 11.8 Å². The molecule has 0 saturated carbocycles. The van der Waals surface area contributed by atoms with Gasteiger partial charge < -0.3 is 9.84 Å². The summed E-state index contributed by atoms with van der Waals surface area (Å²) in [6.07, 6.45) is 1.17. The zero-order valence-electron chi connectivity index (χ0n) is 11.5. The van der Waals surface area contributed by atoms with Crippen LogP contribution in [0.4, 0.5) is 0 Å². The number of nitrogens with zero attached hydrogens (tertiary/aromatic N) is 1. The first-order valence-electron chi connectivity index (χ1n) is 6.62. The van der Waals surface area contributed by atoms with Crippen LogP contribution in [0.1, 0.15) is 30.4 Å². The van der Waals surface area contributed by atoms with Crippen molar-refractivity contribution in [3.8, 4) is 0 Å². The van der Waals surface area contributed by atoms with Crippen LogP contribution in [-0.2, 0) is 12.3 Å². The fourth-order valence-electron chi connectivity index (χ4n) is 1.75. The lowest BCUT2D eigenvalue weighted by Crippen LogP contribution is -2.13. The van der Waals surface area contributed by atoms with Crippen molar-refractivity contribution in [2.45, 2.75) is 37.5 Å². The highest BCUT2D eigenvalue weighted by Crippen LogP contribution is 2.23. The maximum absolute atomic E-state index is 5.19. The minimum atomic E-state index is 0.828. The molecule has 0 spiro atoms. The summed E-state index contributed by atoms with van der Waals surface area (Å²) in [6, 6.07) is 10.7. The van der Waals surface area contributed by atoms with Gasteiger partial charge in [-0.05, 0) is 37.6 Å². The average Bonchev–Trinajstić information content (AvgIpc) is 2.84. The molecule has 0 amide bonds. The van der Waals surface area contributed by atoms with E-state index >= 15 is 0 Å². The van der Waals surface area contributed by atoms with E-state index in [0.29, 0.717) is 0 Å². The van der Waals surface area contributed by atoms with Crippen molar-refractivity contribution >= 4 is 11.8 Å². The third-order valence-corrected chi connectivity index (χ3v) is 3.77. The number of benzene rings is 1. The number of aryl methyl sites for hydroxylation is 1. The molecule has 0 aliphatic carbocycles. The van der Waals surface area contributed by atoms with Gasteiger partial charge in [0.2, 0.25) is 0 Å². The second-order valence-electron chi connectivity index (χ2n) is 4.54. The summed E-state index contributed by atoms with van der Waals surface area (Å²) in [5.41, 5.74) is 2.27. The zero-order chi connectivity index (χ0) is 13.5. The van der Waals surface area contributed by atoms with Crippen LogP contribution in [-0.4, -0.2) is 11.7 Å². The SMILES string of the molecule is CCCNCc1ccc(SCc2cc(C)no2)cc1. The molecule has 0 aliphatic heterocycles. The molecule has 3 nitrogen and oxygen atoms in total. The first-order chi connectivity index (χ1) is 9.28. The van der Waals surface area contributed by atoms with Crippen molar-refractivity contribution in [1.82, 2.24) is 10.5 Å². The Labute approximate surface area is 118 Å². The van der Waals surface area contributed by atoms with Crippen LogP contribution in [0.3, 0.4) is 0 Å². The molecule has 0 aliphatic rings. The number of hydrogen-bond donors (Lipinski definition) is 1. The van der Waals surface area contributed by atoms with Gasteiger partial charge in [-0.25, -0.2) is 0 Å². The smallest absolute Gasteiger partial charge is 0.147 e. The zero-order valence-corrected chi connectivity index (χ0v) is 12.3. The predicted molar refractivity (Wildman–Crippen MR) is 79.2 cm³/mol. The fourth-order valence-corrected chi connectivity index (χ4v) is 2.53. The molecule has 1 aromatic carbocycles.